The first kappa shape index (κ1) is 12.9. The normalized spacial score (nSPS) is 12.0. The van der Waals surface area contributed by atoms with Gasteiger partial charge in [0.25, 0.3) is 0 Å². The molecule has 0 bridgehead atoms. The number of carbonyl (C=O) groups is 2. The van der Waals surface area contributed by atoms with Crippen molar-refractivity contribution in [2.24, 2.45) is 11.8 Å². The molecule has 0 aliphatic carbocycles. The van der Waals surface area contributed by atoms with E-state index in [1.807, 2.05) is 26.2 Å². The number of hydrogen-bond donors (Lipinski definition) is 2. The molecule has 0 aliphatic rings. The zero-order chi connectivity index (χ0) is 11.1. The molecule has 0 spiro atoms. The molecule has 0 radical (unpaired) electrons. The van der Waals surface area contributed by atoms with Gasteiger partial charge in [-0.2, -0.15) is 0 Å². The van der Waals surface area contributed by atoms with E-state index in [0.29, 0.717) is 19.0 Å². The Morgan fingerprint density at radius 3 is 2.36 bits per heavy atom. The molecule has 0 fully saturated rings. The molecule has 3 N–H and O–H groups in total. The van der Waals surface area contributed by atoms with Crippen LogP contribution < -0.4 is 11.3 Å². The van der Waals surface area contributed by atoms with Crippen molar-refractivity contribution < 1.29 is 9.59 Å². The van der Waals surface area contributed by atoms with Crippen molar-refractivity contribution in [1.29, 1.82) is 0 Å². The summed E-state index contributed by atoms with van der Waals surface area (Å²) in [4.78, 5) is 23.8. The summed E-state index contributed by atoms with van der Waals surface area (Å²) in [6.07, 6.45) is 0.980. The smallest absolute Gasteiger partial charge is 0.323 e. The molecular weight excluding hydrogens is 182 g/mol. The van der Waals surface area contributed by atoms with Gasteiger partial charge in [0.05, 0.1) is 0 Å². The van der Waals surface area contributed by atoms with E-state index in [-0.39, 0.29) is 0 Å². The lowest BCUT2D eigenvalue weighted by Gasteiger charge is -2.22. The maximum absolute atomic E-state index is 11.4. The van der Waals surface area contributed by atoms with Gasteiger partial charge in [-0.1, -0.05) is 20.3 Å². The van der Waals surface area contributed by atoms with Crippen LogP contribution in [0.3, 0.4) is 0 Å². The Balaban J connectivity index is 4.26. The summed E-state index contributed by atoms with van der Waals surface area (Å²) < 4.78 is 0. The lowest BCUT2D eigenvalue weighted by molar-refractivity contribution is -0.146. The monoisotopic (exact) mass is 201 g/mol. The van der Waals surface area contributed by atoms with Crippen LogP contribution in [0.4, 0.5) is 0 Å². The van der Waals surface area contributed by atoms with E-state index in [2.05, 4.69) is 0 Å². The predicted octanol–water partition coefficient (Wildman–Crippen LogP) is -0.129. The van der Waals surface area contributed by atoms with Gasteiger partial charge in [0.15, 0.2) is 0 Å². The first-order chi connectivity index (χ1) is 6.56. The van der Waals surface area contributed by atoms with E-state index >= 15 is 0 Å². The Labute approximate surface area is 84.6 Å². The number of rotatable bonds is 4. The van der Waals surface area contributed by atoms with Crippen LogP contribution in [0.5, 0.6) is 0 Å². The van der Waals surface area contributed by atoms with E-state index in [4.69, 9.17) is 5.84 Å². The average Bonchev–Trinajstić information content (AvgIpc) is 2.23. The topological polar surface area (TPSA) is 75.4 Å². The predicted molar refractivity (Wildman–Crippen MR) is 54.0 cm³/mol. The average molecular weight is 201 g/mol. The molecule has 5 heteroatoms. The minimum Gasteiger partial charge on any atom is -0.334 e. The summed E-state index contributed by atoms with van der Waals surface area (Å²) in [6.45, 7) is 7.04. The molecule has 1 unspecified atom stereocenters. The molecule has 0 aromatic heterocycles. The first-order valence-electron chi connectivity index (χ1n) is 4.86. The van der Waals surface area contributed by atoms with E-state index in [0.717, 1.165) is 6.42 Å². The Morgan fingerprint density at radius 1 is 1.43 bits per heavy atom. The molecule has 2 amide bonds. The molecule has 14 heavy (non-hydrogen) atoms. The molecule has 0 rings (SSSR count). The van der Waals surface area contributed by atoms with Crippen LogP contribution in [-0.4, -0.2) is 29.8 Å². The molecule has 1 atom stereocenters. The largest absolute Gasteiger partial charge is 0.334 e. The second kappa shape index (κ2) is 6.37. The quantitative estimate of drug-likeness (QED) is 0.288. The number of nitrogens with zero attached hydrogens (tertiary/aromatic N) is 1. The fraction of sp³-hybridized carbons (Fsp3) is 0.778. The SMILES string of the molecule is CCC(C)CN(CC)C(=O)C(=O)NN. The summed E-state index contributed by atoms with van der Waals surface area (Å²) in [5, 5.41) is 0. The first-order valence-corrected chi connectivity index (χ1v) is 4.86. The standard InChI is InChI=1S/C9H19N3O2/c1-4-7(3)6-12(5-2)9(14)8(13)11-10/h7H,4-6,10H2,1-3H3,(H,11,13). The van der Waals surface area contributed by atoms with E-state index in [1.165, 1.54) is 4.90 Å². The summed E-state index contributed by atoms with van der Waals surface area (Å²) in [5.74, 6) is 3.96. The number of amides is 2. The minimum atomic E-state index is -0.754. The van der Waals surface area contributed by atoms with Gasteiger partial charge in [0.2, 0.25) is 0 Å². The maximum Gasteiger partial charge on any atom is 0.323 e. The van der Waals surface area contributed by atoms with Gasteiger partial charge in [-0.05, 0) is 12.8 Å². The van der Waals surface area contributed by atoms with Crippen LogP contribution in [0.15, 0.2) is 0 Å². The van der Waals surface area contributed by atoms with Crippen LogP contribution in [0.1, 0.15) is 27.2 Å². The van der Waals surface area contributed by atoms with Crippen LogP contribution >= 0.6 is 0 Å². The fourth-order valence-corrected chi connectivity index (χ4v) is 1.07. The van der Waals surface area contributed by atoms with Gasteiger partial charge >= 0.3 is 11.8 Å². The highest BCUT2D eigenvalue weighted by Gasteiger charge is 2.20. The Hall–Kier alpha value is -1.10. The van der Waals surface area contributed by atoms with E-state index < -0.39 is 11.8 Å². The lowest BCUT2D eigenvalue weighted by atomic mass is 10.1. The minimum absolute atomic E-state index is 0.393. The van der Waals surface area contributed by atoms with Gasteiger partial charge in [0.1, 0.15) is 0 Å². The van der Waals surface area contributed by atoms with Crippen LogP contribution in [0, 0.1) is 5.92 Å². The number of nitrogens with one attached hydrogen (secondary N) is 1. The van der Waals surface area contributed by atoms with Gasteiger partial charge in [-0.3, -0.25) is 15.0 Å². The van der Waals surface area contributed by atoms with Crippen molar-refractivity contribution >= 4 is 11.8 Å². The van der Waals surface area contributed by atoms with Crippen molar-refractivity contribution in [3.63, 3.8) is 0 Å². The van der Waals surface area contributed by atoms with Gasteiger partial charge < -0.3 is 4.90 Å². The zero-order valence-electron chi connectivity index (χ0n) is 9.04. The summed E-state index contributed by atoms with van der Waals surface area (Å²) in [5.41, 5.74) is 1.84. The molecular formula is C9H19N3O2. The van der Waals surface area contributed by atoms with Crippen LogP contribution in [0.25, 0.3) is 0 Å². The Morgan fingerprint density at radius 2 is 2.00 bits per heavy atom. The third-order valence-corrected chi connectivity index (χ3v) is 2.22. The third-order valence-electron chi connectivity index (χ3n) is 2.22. The van der Waals surface area contributed by atoms with Crippen molar-refractivity contribution in [3.05, 3.63) is 0 Å². The second-order valence-corrected chi connectivity index (χ2v) is 3.33. The Kier molecular flexibility index (Phi) is 5.87. The highest BCUT2D eigenvalue weighted by atomic mass is 16.2. The highest BCUT2D eigenvalue weighted by molar-refractivity contribution is 6.34. The summed E-state index contributed by atoms with van der Waals surface area (Å²) in [7, 11) is 0. The van der Waals surface area contributed by atoms with Crippen LogP contribution in [-0.2, 0) is 9.59 Å². The molecule has 0 aliphatic heterocycles. The molecule has 0 saturated heterocycles. The number of hydrogen-bond acceptors (Lipinski definition) is 3. The zero-order valence-corrected chi connectivity index (χ0v) is 9.04. The molecule has 82 valence electrons. The van der Waals surface area contributed by atoms with Crippen molar-refractivity contribution in [2.75, 3.05) is 13.1 Å². The number of nitrogens with two attached hydrogens (primary N) is 1. The fourth-order valence-electron chi connectivity index (χ4n) is 1.07. The number of carbonyl (C=O) groups excluding carboxylic acids is 2. The number of likely N-dealkylation sites (N-methyl/N-ethyl adjacent to an activating group) is 1. The Bertz CT molecular complexity index is 206. The second-order valence-electron chi connectivity index (χ2n) is 3.33. The van der Waals surface area contributed by atoms with E-state index in [1.54, 1.807) is 0 Å². The highest BCUT2D eigenvalue weighted by Crippen LogP contribution is 2.04. The molecule has 0 saturated carbocycles. The summed E-state index contributed by atoms with van der Waals surface area (Å²) in [6, 6.07) is 0. The van der Waals surface area contributed by atoms with Gasteiger partial charge in [-0.15, -0.1) is 0 Å². The molecule has 0 heterocycles. The molecule has 0 aromatic rings. The van der Waals surface area contributed by atoms with Gasteiger partial charge in [-0.25, -0.2) is 5.84 Å². The third kappa shape index (κ3) is 3.74. The summed E-state index contributed by atoms with van der Waals surface area (Å²) >= 11 is 0. The number of hydrazine groups is 1. The van der Waals surface area contributed by atoms with Crippen molar-refractivity contribution in [2.45, 2.75) is 27.2 Å². The molecule has 5 nitrogen and oxygen atoms in total. The van der Waals surface area contributed by atoms with Crippen molar-refractivity contribution in [3.8, 4) is 0 Å². The maximum atomic E-state index is 11.4. The van der Waals surface area contributed by atoms with Crippen molar-refractivity contribution in [1.82, 2.24) is 10.3 Å². The van der Waals surface area contributed by atoms with Gasteiger partial charge in [0, 0.05) is 13.1 Å². The molecule has 0 aromatic carbocycles. The lowest BCUT2D eigenvalue weighted by Crippen LogP contribution is -2.46. The van der Waals surface area contributed by atoms with Crippen LogP contribution in [0.2, 0.25) is 0 Å². The van der Waals surface area contributed by atoms with E-state index in [9.17, 15) is 9.59 Å².